The molecule has 2 amide bonds. The molecule has 0 spiro atoms. The maximum Gasteiger partial charge on any atom is 0.256 e. The molecule has 2 aromatic rings. The summed E-state index contributed by atoms with van der Waals surface area (Å²) in [4.78, 5) is 29.9. The number of H-pyrrole nitrogens is 1. The first-order valence-corrected chi connectivity index (χ1v) is 6.22. The second kappa shape index (κ2) is 5.24. The summed E-state index contributed by atoms with van der Waals surface area (Å²) in [6.07, 6.45) is 1.64. The summed E-state index contributed by atoms with van der Waals surface area (Å²) < 4.78 is 0. The number of aromatic nitrogens is 1. The highest BCUT2D eigenvalue weighted by molar-refractivity contribution is 6.07. The topological polar surface area (TPSA) is 82.4 Å². The molecule has 0 saturated heterocycles. The Balaban J connectivity index is 2.25. The van der Waals surface area contributed by atoms with Crippen molar-refractivity contribution in [1.82, 2.24) is 14.8 Å². The summed E-state index contributed by atoms with van der Waals surface area (Å²) in [7, 11) is 4.93. The number of rotatable bonds is 3. The second-order valence-electron chi connectivity index (χ2n) is 4.96. The van der Waals surface area contributed by atoms with Crippen molar-refractivity contribution in [3.63, 3.8) is 0 Å². The number of fused-ring (bicyclic) bond motifs is 1. The van der Waals surface area contributed by atoms with Crippen LogP contribution in [0.1, 0.15) is 10.4 Å². The Labute approximate surface area is 117 Å². The Morgan fingerprint density at radius 1 is 1.25 bits per heavy atom. The standard InChI is InChI=1S/C14H18N4O2/c1-17(2)13(19)8-18(3)14(20)11-7-16-12-6-9(15)4-5-10(11)12/h4-7,16H,8,15H2,1-3H3. The zero-order valence-electron chi connectivity index (χ0n) is 11.8. The molecule has 6 nitrogen and oxygen atoms in total. The maximum absolute atomic E-state index is 12.4. The molecule has 0 saturated carbocycles. The summed E-state index contributed by atoms with van der Waals surface area (Å²) in [5.41, 5.74) is 7.68. The SMILES string of the molecule is CN(C)C(=O)CN(C)C(=O)c1c[nH]c2cc(N)ccc12. The number of hydrogen-bond donors (Lipinski definition) is 2. The van der Waals surface area contributed by atoms with Crippen LogP contribution in [-0.2, 0) is 4.79 Å². The molecule has 3 N–H and O–H groups in total. The van der Waals surface area contributed by atoms with Crippen molar-refractivity contribution in [2.75, 3.05) is 33.4 Å². The minimum Gasteiger partial charge on any atom is -0.399 e. The third-order valence-electron chi connectivity index (χ3n) is 3.15. The molecule has 20 heavy (non-hydrogen) atoms. The van der Waals surface area contributed by atoms with Crippen molar-refractivity contribution in [3.05, 3.63) is 30.0 Å². The van der Waals surface area contributed by atoms with Gasteiger partial charge in [0.15, 0.2) is 0 Å². The molecule has 6 heteroatoms. The van der Waals surface area contributed by atoms with Crippen LogP contribution in [0.15, 0.2) is 24.4 Å². The highest BCUT2D eigenvalue weighted by Gasteiger charge is 2.19. The van der Waals surface area contributed by atoms with Crippen LogP contribution in [0.5, 0.6) is 0 Å². The summed E-state index contributed by atoms with van der Waals surface area (Å²) in [5.74, 6) is -0.318. The lowest BCUT2D eigenvalue weighted by molar-refractivity contribution is -0.129. The van der Waals surface area contributed by atoms with Crippen LogP contribution in [-0.4, -0.2) is 54.3 Å². The number of nitrogens with zero attached hydrogens (tertiary/aromatic N) is 2. The predicted molar refractivity (Wildman–Crippen MR) is 78.4 cm³/mol. The van der Waals surface area contributed by atoms with Gasteiger partial charge in [-0.15, -0.1) is 0 Å². The third-order valence-corrected chi connectivity index (χ3v) is 3.15. The van der Waals surface area contributed by atoms with Gasteiger partial charge in [-0.05, 0) is 18.2 Å². The number of nitrogens with one attached hydrogen (secondary N) is 1. The second-order valence-corrected chi connectivity index (χ2v) is 4.96. The predicted octanol–water partition coefficient (Wildman–Crippen LogP) is 0.910. The molecular formula is C14H18N4O2. The van der Waals surface area contributed by atoms with Crippen LogP contribution >= 0.6 is 0 Å². The van der Waals surface area contributed by atoms with E-state index in [2.05, 4.69) is 4.98 Å². The maximum atomic E-state index is 12.4. The van der Waals surface area contributed by atoms with Crippen LogP contribution in [0.3, 0.4) is 0 Å². The number of aromatic amines is 1. The molecule has 0 bridgehead atoms. The molecule has 0 aliphatic heterocycles. The molecule has 106 valence electrons. The molecule has 2 rings (SSSR count). The third kappa shape index (κ3) is 2.59. The minimum atomic E-state index is -0.198. The summed E-state index contributed by atoms with van der Waals surface area (Å²) in [5, 5.41) is 0.799. The molecule has 1 heterocycles. The number of nitrogen functional groups attached to an aromatic ring is 1. The summed E-state index contributed by atoms with van der Waals surface area (Å²) in [6, 6.07) is 5.32. The molecule has 0 atom stereocenters. The highest BCUT2D eigenvalue weighted by Crippen LogP contribution is 2.21. The van der Waals surface area contributed by atoms with Gasteiger partial charge in [0, 0.05) is 43.9 Å². The van der Waals surface area contributed by atoms with Gasteiger partial charge in [0.25, 0.3) is 5.91 Å². The van der Waals surface area contributed by atoms with Crippen molar-refractivity contribution in [2.24, 2.45) is 0 Å². The average molecular weight is 274 g/mol. The fourth-order valence-electron chi connectivity index (χ4n) is 1.94. The minimum absolute atomic E-state index is 0.0491. The Kier molecular flexibility index (Phi) is 3.65. The number of benzene rings is 1. The van der Waals surface area contributed by atoms with E-state index in [1.54, 1.807) is 45.5 Å². The van der Waals surface area contributed by atoms with E-state index in [4.69, 9.17) is 5.73 Å². The zero-order chi connectivity index (χ0) is 14.9. The first-order chi connectivity index (χ1) is 9.40. The Hall–Kier alpha value is -2.50. The smallest absolute Gasteiger partial charge is 0.256 e. The van der Waals surface area contributed by atoms with Gasteiger partial charge in [-0.3, -0.25) is 9.59 Å². The monoisotopic (exact) mass is 274 g/mol. The van der Waals surface area contributed by atoms with Crippen molar-refractivity contribution in [1.29, 1.82) is 0 Å². The molecule has 0 aliphatic carbocycles. The fraction of sp³-hybridized carbons (Fsp3) is 0.286. The molecular weight excluding hydrogens is 256 g/mol. The molecule has 0 aliphatic rings. The van der Waals surface area contributed by atoms with Gasteiger partial charge in [-0.25, -0.2) is 0 Å². The molecule has 0 radical (unpaired) electrons. The number of nitrogens with two attached hydrogens (primary N) is 1. The van der Waals surface area contributed by atoms with Gasteiger partial charge in [0.2, 0.25) is 5.91 Å². The summed E-state index contributed by atoms with van der Waals surface area (Å²) in [6.45, 7) is 0.0491. The Bertz CT molecular complexity index is 660. The number of anilines is 1. The molecule has 1 aromatic heterocycles. The van der Waals surface area contributed by atoms with E-state index in [0.29, 0.717) is 11.3 Å². The average Bonchev–Trinajstić information content (AvgIpc) is 2.80. The normalized spacial score (nSPS) is 10.6. The Morgan fingerprint density at radius 3 is 2.60 bits per heavy atom. The number of likely N-dealkylation sites (N-methyl/N-ethyl adjacent to an activating group) is 2. The van der Waals surface area contributed by atoms with Gasteiger partial charge in [-0.1, -0.05) is 0 Å². The molecule has 1 aromatic carbocycles. The van der Waals surface area contributed by atoms with E-state index >= 15 is 0 Å². The van der Waals surface area contributed by atoms with E-state index in [1.807, 2.05) is 0 Å². The van der Waals surface area contributed by atoms with Gasteiger partial charge < -0.3 is 20.5 Å². The highest BCUT2D eigenvalue weighted by atomic mass is 16.2. The van der Waals surface area contributed by atoms with E-state index in [9.17, 15) is 9.59 Å². The molecule has 0 unspecified atom stereocenters. The molecule has 0 fully saturated rings. The first kappa shape index (κ1) is 13.9. The van der Waals surface area contributed by atoms with Gasteiger partial charge in [-0.2, -0.15) is 0 Å². The van der Waals surface area contributed by atoms with Crippen LogP contribution in [0.2, 0.25) is 0 Å². The summed E-state index contributed by atoms with van der Waals surface area (Å²) >= 11 is 0. The van der Waals surface area contributed by atoms with Crippen molar-refractivity contribution >= 4 is 28.4 Å². The lowest BCUT2D eigenvalue weighted by Crippen LogP contribution is -2.37. The number of carbonyl (C=O) groups excluding carboxylic acids is 2. The Morgan fingerprint density at radius 2 is 1.95 bits per heavy atom. The van der Waals surface area contributed by atoms with Crippen molar-refractivity contribution in [2.45, 2.75) is 0 Å². The van der Waals surface area contributed by atoms with E-state index < -0.39 is 0 Å². The van der Waals surface area contributed by atoms with Gasteiger partial charge >= 0.3 is 0 Å². The lowest BCUT2D eigenvalue weighted by atomic mass is 10.1. The van der Waals surface area contributed by atoms with Crippen molar-refractivity contribution in [3.8, 4) is 0 Å². The number of amides is 2. The van der Waals surface area contributed by atoms with Gasteiger partial charge in [0.05, 0.1) is 12.1 Å². The van der Waals surface area contributed by atoms with Gasteiger partial charge in [0.1, 0.15) is 0 Å². The van der Waals surface area contributed by atoms with E-state index in [1.165, 1.54) is 9.80 Å². The van der Waals surface area contributed by atoms with E-state index in [0.717, 1.165) is 10.9 Å². The lowest BCUT2D eigenvalue weighted by Gasteiger charge is -2.18. The quantitative estimate of drug-likeness (QED) is 0.816. The largest absolute Gasteiger partial charge is 0.399 e. The van der Waals surface area contributed by atoms with Crippen LogP contribution < -0.4 is 5.73 Å². The zero-order valence-corrected chi connectivity index (χ0v) is 11.8. The number of carbonyl (C=O) groups is 2. The van der Waals surface area contributed by atoms with E-state index in [-0.39, 0.29) is 18.4 Å². The fourth-order valence-corrected chi connectivity index (χ4v) is 1.94. The van der Waals surface area contributed by atoms with Crippen LogP contribution in [0.4, 0.5) is 5.69 Å². The van der Waals surface area contributed by atoms with Crippen molar-refractivity contribution < 1.29 is 9.59 Å². The number of hydrogen-bond acceptors (Lipinski definition) is 3. The first-order valence-electron chi connectivity index (χ1n) is 6.22. The van der Waals surface area contributed by atoms with Crippen LogP contribution in [0, 0.1) is 0 Å². The van der Waals surface area contributed by atoms with Crippen LogP contribution in [0.25, 0.3) is 10.9 Å².